The number of nitrogens with one attached hydrogen (secondary N) is 1. The molecule has 0 saturated heterocycles. The van der Waals surface area contributed by atoms with Crippen molar-refractivity contribution < 1.29 is 26.7 Å². The van der Waals surface area contributed by atoms with E-state index in [0.717, 1.165) is 12.1 Å². The maximum atomic E-state index is 14.7. The summed E-state index contributed by atoms with van der Waals surface area (Å²) in [6.07, 6.45) is 4.04. The number of esters is 1. The van der Waals surface area contributed by atoms with Gasteiger partial charge in [-0.3, -0.25) is 9.29 Å². The van der Waals surface area contributed by atoms with Crippen LogP contribution >= 0.6 is 0 Å². The van der Waals surface area contributed by atoms with Gasteiger partial charge in [-0.2, -0.15) is 0 Å². The van der Waals surface area contributed by atoms with Crippen LogP contribution in [0.15, 0.2) is 61.1 Å². The molecule has 1 aliphatic carbocycles. The Morgan fingerprint density at radius 2 is 1.95 bits per heavy atom. The van der Waals surface area contributed by atoms with Crippen LogP contribution in [0.1, 0.15) is 30.3 Å². The summed E-state index contributed by atoms with van der Waals surface area (Å²) >= 11 is 0. The molecule has 40 heavy (non-hydrogen) atoms. The van der Waals surface area contributed by atoms with Crippen molar-refractivity contribution in [2.24, 2.45) is 0 Å². The van der Waals surface area contributed by atoms with Gasteiger partial charge in [0.2, 0.25) is 10.0 Å². The van der Waals surface area contributed by atoms with E-state index in [1.807, 2.05) is 0 Å². The number of pyridine rings is 1. The zero-order valence-electron chi connectivity index (χ0n) is 21.0. The number of benzene rings is 2. The van der Waals surface area contributed by atoms with E-state index in [0.29, 0.717) is 35.1 Å². The minimum Gasteiger partial charge on any atom is -0.461 e. The van der Waals surface area contributed by atoms with Crippen molar-refractivity contribution in [1.29, 1.82) is 0 Å². The number of carbonyl (C=O) groups excluding carboxylic acids is 1. The fourth-order valence-corrected chi connectivity index (χ4v) is 5.51. The molecule has 5 aromatic rings. The van der Waals surface area contributed by atoms with Gasteiger partial charge in [-0.25, -0.2) is 36.6 Å². The Kier molecular flexibility index (Phi) is 6.25. The summed E-state index contributed by atoms with van der Waals surface area (Å²) in [6, 6.07) is 11.3. The minimum absolute atomic E-state index is 0.00398. The number of ether oxygens (including phenoxy) is 1. The van der Waals surface area contributed by atoms with Crippen LogP contribution < -0.4 is 4.72 Å². The summed E-state index contributed by atoms with van der Waals surface area (Å²) < 4.78 is 64.1. The first-order valence-corrected chi connectivity index (χ1v) is 13.8. The fourth-order valence-electron chi connectivity index (χ4n) is 4.19. The summed E-state index contributed by atoms with van der Waals surface area (Å²) in [5.41, 5.74) is 2.15. The molecule has 0 amide bonds. The highest BCUT2D eigenvalue weighted by Gasteiger charge is 2.36. The molecule has 3 heterocycles. The molecular weight excluding hydrogens is 544 g/mol. The zero-order chi connectivity index (χ0) is 28.0. The van der Waals surface area contributed by atoms with Gasteiger partial charge in [-0.15, -0.1) is 5.10 Å². The highest BCUT2D eigenvalue weighted by Crippen LogP contribution is 2.32. The molecule has 6 rings (SSSR count). The number of nitrogens with zero attached hydrogens (tertiary/aromatic N) is 6. The molecule has 1 saturated carbocycles. The van der Waals surface area contributed by atoms with Crippen LogP contribution in [0, 0.1) is 11.6 Å². The number of hydrogen-bond donors (Lipinski definition) is 1. The molecule has 14 heteroatoms. The number of hydrogen-bond acceptors (Lipinski definition) is 8. The van der Waals surface area contributed by atoms with Crippen molar-refractivity contribution >= 4 is 32.8 Å². The second kappa shape index (κ2) is 9.79. The number of anilines is 1. The van der Waals surface area contributed by atoms with Crippen LogP contribution in [0.2, 0.25) is 0 Å². The third-order valence-electron chi connectivity index (χ3n) is 6.28. The molecule has 0 unspecified atom stereocenters. The van der Waals surface area contributed by atoms with E-state index in [4.69, 9.17) is 4.74 Å². The minimum atomic E-state index is -3.67. The Labute approximate surface area is 226 Å². The molecule has 0 aliphatic heterocycles. The number of aromatic nitrogens is 6. The summed E-state index contributed by atoms with van der Waals surface area (Å²) in [5, 5.41) is 7.32. The summed E-state index contributed by atoms with van der Waals surface area (Å²) in [5.74, 6) is -1.87. The summed E-state index contributed by atoms with van der Waals surface area (Å²) in [7, 11) is -3.67. The average molecular weight is 566 g/mol. The van der Waals surface area contributed by atoms with Crippen molar-refractivity contribution in [2.75, 3.05) is 11.3 Å². The van der Waals surface area contributed by atoms with Crippen LogP contribution in [0.25, 0.3) is 33.7 Å². The second-order valence-electron chi connectivity index (χ2n) is 9.13. The number of imidazole rings is 1. The SMILES string of the molecule is CCOC(=O)c1cn(-c2ccc3c(c2)ncn3-c2cc(-c3ccc(F)cc3F)cc(NS(=O)(=O)C3CC3)n2)nn1. The van der Waals surface area contributed by atoms with Crippen molar-refractivity contribution in [3.8, 4) is 22.6 Å². The number of sulfonamides is 1. The van der Waals surface area contributed by atoms with E-state index in [1.54, 1.807) is 35.8 Å². The van der Waals surface area contributed by atoms with Crippen LogP contribution in [0.5, 0.6) is 0 Å². The Morgan fingerprint density at radius 3 is 2.70 bits per heavy atom. The summed E-state index contributed by atoms with van der Waals surface area (Å²) in [4.78, 5) is 20.8. The normalized spacial score (nSPS) is 13.5. The molecule has 3 aromatic heterocycles. The first-order valence-electron chi connectivity index (χ1n) is 12.3. The predicted octanol–water partition coefficient (Wildman–Crippen LogP) is 4.03. The lowest BCUT2D eigenvalue weighted by atomic mass is 10.1. The Morgan fingerprint density at radius 1 is 1.12 bits per heavy atom. The quantitative estimate of drug-likeness (QED) is 0.279. The van der Waals surface area contributed by atoms with E-state index < -0.39 is 32.9 Å². The highest BCUT2D eigenvalue weighted by molar-refractivity contribution is 7.93. The van der Waals surface area contributed by atoms with Gasteiger partial charge in [0.1, 0.15) is 29.6 Å². The molecule has 0 atom stereocenters. The number of halogens is 2. The Balaban J connectivity index is 1.41. The van der Waals surface area contributed by atoms with Crippen molar-refractivity contribution in [2.45, 2.75) is 25.0 Å². The monoisotopic (exact) mass is 565 g/mol. The van der Waals surface area contributed by atoms with E-state index in [9.17, 15) is 22.0 Å². The molecule has 0 bridgehead atoms. The lowest BCUT2D eigenvalue weighted by Crippen LogP contribution is -2.18. The average Bonchev–Trinajstić information content (AvgIpc) is 3.52. The molecule has 0 spiro atoms. The van der Waals surface area contributed by atoms with Crippen molar-refractivity contribution in [3.05, 3.63) is 78.4 Å². The Bertz CT molecular complexity index is 1880. The first kappa shape index (κ1) is 25.6. The van der Waals surface area contributed by atoms with E-state index >= 15 is 0 Å². The zero-order valence-corrected chi connectivity index (χ0v) is 21.8. The van der Waals surface area contributed by atoms with Crippen LogP contribution in [0.3, 0.4) is 0 Å². The van der Waals surface area contributed by atoms with Gasteiger partial charge >= 0.3 is 5.97 Å². The van der Waals surface area contributed by atoms with Gasteiger partial charge in [0, 0.05) is 11.6 Å². The molecule has 1 fully saturated rings. The Hall–Kier alpha value is -4.72. The maximum Gasteiger partial charge on any atom is 0.360 e. The molecule has 0 radical (unpaired) electrons. The van der Waals surface area contributed by atoms with Crippen LogP contribution in [0.4, 0.5) is 14.6 Å². The molecule has 1 N–H and O–H groups in total. The van der Waals surface area contributed by atoms with E-state index in [-0.39, 0.29) is 29.5 Å². The van der Waals surface area contributed by atoms with Gasteiger partial charge in [-0.1, -0.05) is 5.21 Å². The number of rotatable bonds is 8. The molecule has 11 nitrogen and oxygen atoms in total. The van der Waals surface area contributed by atoms with Crippen LogP contribution in [-0.2, 0) is 14.8 Å². The molecular formula is C26H21F2N7O4S. The first-order chi connectivity index (χ1) is 19.2. The van der Waals surface area contributed by atoms with Gasteiger partial charge < -0.3 is 4.74 Å². The third-order valence-corrected chi connectivity index (χ3v) is 8.13. The smallest absolute Gasteiger partial charge is 0.360 e. The van der Waals surface area contributed by atoms with Gasteiger partial charge in [0.15, 0.2) is 5.69 Å². The van der Waals surface area contributed by atoms with Crippen molar-refractivity contribution in [3.63, 3.8) is 0 Å². The second-order valence-corrected chi connectivity index (χ2v) is 11.1. The number of fused-ring (bicyclic) bond motifs is 1. The molecule has 1 aliphatic rings. The van der Waals surface area contributed by atoms with Gasteiger partial charge in [-0.05, 0) is 67.8 Å². The highest BCUT2D eigenvalue weighted by atomic mass is 32.2. The third kappa shape index (κ3) is 4.88. The van der Waals surface area contributed by atoms with Crippen molar-refractivity contribution in [1.82, 2.24) is 29.5 Å². The molecule has 204 valence electrons. The fraction of sp³-hybridized carbons (Fsp3) is 0.192. The maximum absolute atomic E-state index is 14.7. The van der Waals surface area contributed by atoms with Gasteiger partial charge in [0.05, 0.1) is 34.8 Å². The topological polar surface area (TPSA) is 134 Å². The standard InChI is InChI=1S/C26H21F2N7O4S/c1-2-39-26(36)22-13-35(33-31-22)17-4-8-23-21(12-17)29-14-34(23)25-10-15(19-7-3-16(27)11-20(19)28)9-24(30-25)32-40(37,38)18-5-6-18/h3-4,7-14,18H,2,5-6H2,1H3,(H,30,32). The lowest BCUT2D eigenvalue weighted by molar-refractivity contribution is 0.0519. The molecule has 2 aromatic carbocycles. The lowest BCUT2D eigenvalue weighted by Gasteiger charge is -2.13. The van der Waals surface area contributed by atoms with E-state index in [2.05, 4.69) is 25.0 Å². The summed E-state index contributed by atoms with van der Waals surface area (Å²) in [6.45, 7) is 1.90. The van der Waals surface area contributed by atoms with Gasteiger partial charge in [0.25, 0.3) is 0 Å². The largest absolute Gasteiger partial charge is 0.461 e. The predicted molar refractivity (Wildman–Crippen MR) is 141 cm³/mol. The van der Waals surface area contributed by atoms with Crippen LogP contribution in [-0.4, -0.2) is 55.8 Å². The van der Waals surface area contributed by atoms with E-state index in [1.165, 1.54) is 29.3 Å². The number of carbonyl (C=O) groups is 1.